The number of carbonyl (C=O) groups is 1. The van der Waals surface area contributed by atoms with Crippen molar-refractivity contribution >= 4 is 29.3 Å². The maximum Gasteiger partial charge on any atom is 0.231 e. The molecule has 2 heterocycles. The molecule has 1 saturated heterocycles. The van der Waals surface area contributed by atoms with Gasteiger partial charge in [-0.15, -0.1) is 23.4 Å². The van der Waals surface area contributed by atoms with E-state index in [2.05, 4.69) is 12.1 Å². The lowest BCUT2D eigenvalue weighted by Crippen LogP contribution is -2.33. The first kappa shape index (κ1) is 12.4. The quantitative estimate of drug-likeness (QED) is 0.777. The Morgan fingerprint density at radius 2 is 2.28 bits per heavy atom. The van der Waals surface area contributed by atoms with E-state index in [4.69, 9.17) is 11.6 Å². The van der Waals surface area contributed by atoms with Crippen LogP contribution in [-0.2, 0) is 4.79 Å². The molecule has 1 fully saturated rings. The van der Waals surface area contributed by atoms with Gasteiger partial charge in [0, 0.05) is 29.6 Å². The van der Waals surface area contributed by atoms with Crippen LogP contribution in [0.5, 0.6) is 0 Å². The Morgan fingerprint density at radius 1 is 1.44 bits per heavy atom. The van der Waals surface area contributed by atoms with E-state index in [1.807, 2.05) is 17.0 Å². The summed E-state index contributed by atoms with van der Waals surface area (Å²) < 4.78 is 0. The van der Waals surface area contributed by atoms with Gasteiger partial charge in [0.05, 0.1) is 5.92 Å². The molecule has 4 heteroatoms. The number of alkyl halides is 1. The molecule has 2 nitrogen and oxygen atoms in total. The molecule has 3 rings (SSSR count). The van der Waals surface area contributed by atoms with Gasteiger partial charge in [0.15, 0.2) is 0 Å². The van der Waals surface area contributed by atoms with E-state index in [9.17, 15) is 4.79 Å². The fourth-order valence-corrected chi connectivity index (χ4v) is 4.22. The second-order valence-electron chi connectivity index (χ2n) is 4.99. The maximum absolute atomic E-state index is 12.5. The molecule has 2 atom stereocenters. The van der Waals surface area contributed by atoms with Crippen LogP contribution in [-0.4, -0.2) is 35.5 Å². The van der Waals surface area contributed by atoms with Gasteiger partial charge in [0.2, 0.25) is 5.91 Å². The van der Waals surface area contributed by atoms with Crippen molar-refractivity contribution in [1.29, 1.82) is 0 Å². The minimum Gasteiger partial charge on any atom is -0.342 e. The van der Waals surface area contributed by atoms with E-state index >= 15 is 0 Å². The molecule has 96 valence electrons. The number of hydrogen-bond donors (Lipinski definition) is 0. The number of likely N-dealkylation sites (tertiary alicyclic amines) is 1. The van der Waals surface area contributed by atoms with Crippen LogP contribution in [0.15, 0.2) is 29.2 Å². The van der Waals surface area contributed by atoms with Crippen molar-refractivity contribution in [2.45, 2.75) is 17.2 Å². The predicted octanol–water partition coefficient (Wildman–Crippen LogP) is 2.96. The summed E-state index contributed by atoms with van der Waals surface area (Å²) in [6.07, 6.45) is 1.05. The number of halogens is 1. The van der Waals surface area contributed by atoms with Crippen LogP contribution in [0.2, 0.25) is 0 Å². The number of amides is 1. The van der Waals surface area contributed by atoms with Gasteiger partial charge in [-0.3, -0.25) is 4.79 Å². The number of hydrogen-bond acceptors (Lipinski definition) is 2. The predicted molar refractivity (Wildman–Crippen MR) is 75.3 cm³/mol. The fraction of sp³-hybridized carbons (Fsp3) is 0.500. The van der Waals surface area contributed by atoms with E-state index in [-0.39, 0.29) is 5.92 Å². The first-order valence-electron chi connectivity index (χ1n) is 6.36. The Balaban J connectivity index is 1.75. The summed E-state index contributed by atoms with van der Waals surface area (Å²) in [6.45, 7) is 1.71. The minimum atomic E-state index is 0.0558. The van der Waals surface area contributed by atoms with E-state index < -0.39 is 0 Å². The Hall–Kier alpha value is -0.670. The van der Waals surface area contributed by atoms with Crippen molar-refractivity contribution in [3.05, 3.63) is 29.8 Å². The largest absolute Gasteiger partial charge is 0.342 e. The Morgan fingerprint density at radius 3 is 3.06 bits per heavy atom. The Labute approximate surface area is 117 Å². The highest BCUT2D eigenvalue weighted by molar-refractivity contribution is 7.99. The summed E-state index contributed by atoms with van der Waals surface area (Å²) in [6, 6.07) is 8.26. The molecule has 18 heavy (non-hydrogen) atoms. The van der Waals surface area contributed by atoms with Crippen molar-refractivity contribution < 1.29 is 4.79 Å². The molecule has 1 aromatic rings. The molecule has 2 aliphatic heterocycles. The summed E-state index contributed by atoms with van der Waals surface area (Å²) in [5.74, 6) is 2.39. The van der Waals surface area contributed by atoms with Crippen LogP contribution < -0.4 is 0 Å². The van der Waals surface area contributed by atoms with Crippen LogP contribution in [0.4, 0.5) is 0 Å². The van der Waals surface area contributed by atoms with E-state index in [0.717, 1.165) is 25.3 Å². The van der Waals surface area contributed by atoms with Gasteiger partial charge in [-0.05, 0) is 24.0 Å². The average Bonchev–Trinajstić information content (AvgIpc) is 3.04. The minimum absolute atomic E-state index is 0.0558. The Bertz CT molecular complexity index is 465. The molecule has 0 bridgehead atoms. The highest BCUT2D eigenvalue weighted by Gasteiger charge is 2.35. The number of benzene rings is 1. The van der Waals surface area contributed by atoms with Gasteiger partial charge < -0.3 is 4.90 Å². The third kappa shape index (κ3) is 2.14. The number of thioether (sulfide) groups is 1. The van der Waals surface area contributed by atoms with E-state index in [1.54, 1.807) is 11.8 Å². The zero-order valence-electron chi connectivity index (χ0n) is 10.1. The zero-order chi connectivity index (χ0) is 12.5. The van der Waals surface area contributed by atoms with Crippen LogP contribution in [0.25, 0.3) is 0 Å². The maximum atomic E-state index is 12.5. The van der Waals surface area contributed by atoms with Gasteiger partial charge in [0.25, 0.3) is 0 Å². The third-order valence-corrected chi connectivity index (χ3v) is 5.43. The fourth-order valence-electron chi connectivity index (χ4n) is 2.75. The van der Waals surface area contributed by atoms with Crippen LogP contribution in [0.1, 0.15) is 17.9 Å². The van der Waals surface area contributed by atoms with Crippen LogP contribution in [0.3, 0.4) is 0 Å². The van der Waals surface area contributed by atoms with Crippen molar-refractivity contribution in [1.82, 2.24) is 4.90 Å². The summed E-state index contributed by atoms with van der Waals surface area (Å²) in [4.78, 5) is 15.8. The third-order valence-electron chi connectivity index (χ3n) is 3.81. The normalized spacial score (nSPS) is 26.4. The molecule has 2 unspecified atom stereocenters. The highest BCUT2D eigenvalue weighted by Crippen LogP contribution is 2.40. The summed E-state index contributed by atoms with van der Waals surface area (Å²) >= 11 is 7.67. The molecule has 0 N–H and O–H groups in total. The standard InChI is InChI=1S/C14H16ClNOS/c15-7-10-5-6-16(8-10)14(17)12-9-18-13-4-2-1-3-11(12)13/h1-4,10,12H,5-9H2. The van der Waals surface area contributed by atoms with Gasteiger partial charge in [0.1, 0.15) is 0 Å². The number of nitrogens with zero attached hydrogens (tertiary/aromatic N) is 1. The van der Waals surface area contributed by atoms with Crippen LogP contribution in [0, 0.1) is 5.92 Å². The smallest absolute Gasteiger partial charge is 0.231 e. The molecule has 2 aliphatic rings. The molecule has 1 amide bonds. The number of rotatable bonds is 2. The van der Waals surface area contributed by atoms with E-state index in [0.29, 0.717) is 17.7 Å². The number of carbonyl (C=O) groups excluding carboxylic acids is 1. The lowest BCUT2D eigenvalue weighted by Gasteiger charge is -2.20. The van der Waals surface area contributed by atoms with Gasteiger partial charge in [-0.2, -0.15) is 0 Å². The molecule has 0 spiro atoms. The second-order valence-corrected chi connectivity index (χ2v) is 6.37. The second kappa shape index (κ2) is 5.14. The molecular weight excluding hydrogens is 266 g/mol. The van der Waals surface area contributed by atoms with Crippen LogP contribution >= 0.6 is 23.4 Å². The monoisotopic (exact) mass is 281 g/mol. The molecule has 0 radical (unpaired) electrons. The van der Waals surface area contributed by atoms with Crippen molar-refractivity contribution in [3.8, 4) is 0 Å². The summed E-state index contributed by atoms with van der Waals surface area (Å²) in [5, 5.41) is 0. The lowest BCUT2D eigenvalue weighted by molar-refractivity contribution is -0.131. The molecule has 0 aromatic heterocycles. The zero-order valence-corrected chi connectivity index (χ0v) is 11.7. The molecular formula is C14H16ClNOS. The molecule has 1 aromatic carbocycles. The topological polar surface area (TPSA) is 20.3 Å². The van der Waals surface area contributed by atoms with Gasteiger partial charge in [-0.1, -0.05) is 18.2 Å². The van der Waals surface area contributed by atoms with Crippen molar-refractivity contribution in [2.24, 2.45) is 5.92 Å². The van der Waals surface area contributed by atoms with E-state index in [1.165, 1.54) is 10.5 Å². The number of fused-ring (bicyclic) bond motifs is 1. The first-order chi connectivity index (χ1) is 8.79. The SMILES string of the molecule is O=C(C1CSc2ccccc21)N1CCC(CCl)C1. The van der Waals surface area contributed by atoms with Gasteiger partial charge >= 0.3 is 0 Å². The molecule has 0 aliphatic carbocycles. The van der Waals surface area contributed by atoms with Crippen molar-refractivity contribution in [3.63, 3.8) is 0 Å². The Kier molecular flexibility index (Phi) is 3.53. The highest BCUT2D eigenvalue weighted by atomic mass is 35.5. The van der Waals surface area contributed by atoms with Crippen molar-refractivity contribution in [2.75, 3.05) is 24.7 Å². The molecule has 0 saturated carbocycles. The average molecular weight is 282 g/mol. The summed E-state index contributed by atoms with van der Waals surface area (Å²) in [7, 11) is 0. The lowest BCUT2D eigenvalue weighted by atomic mass is 10.00. The van der Waals surface area contributed by atoms with Gasteiger partial charge in [-0.25, -0.2) is 0 Å². The first-order valence-corrected chi connectivity index (χ1v) is 7.88. The summed E-state index contributed by atoms with van der Waals surface area (Å²) in [5.41, 5.74) is 1.21.